The van der Waals surface area contributed by atoms with Gasteiger partial charge in [-0.25, -0.2) is 4.57 Å². The van der Waals surface area contributed by atoms with Gasteiger partial charge in [0, 0.05) is 12.8 Å². The predicted octanol–water partition coefficient (Wildman–Crippen LogP) is 14.6. The quantitative estimate of drug-likeness (QED) is 0.0271. The van der Waals surface area contributed by atoms with Crippen molar-refractivity contribution < 1.29 is 37.9 Å². The molecule has 0 aliphatic rings. The van der Waals surface area contributed by atoms with Crippen LogP contribution in [0.4, 0.5) is 0 Å². The van der Waals surface area contributed by atoms with Gasteiger partial charge >= 0.3 is 19.8 Å². The fourth-order valence-corrected chi connectivity index (χ4v) is 7.38. The van der Waals surface area contributed by atoms with E-state index in [1.54, 1.807) is 0 Å². The van der Waals surface area contributed by atoms with E-state index in [0.717, 1.165) is 51.4 Å². The molecule has 0 saturated carbocycles. The van der Waals surface area contributed by atoms with E-state index >= 15 is 0 Å². The maximum atomic E-state index is 12.4. The van der Waals surface area contributed by atoms with Crippen LogP contribution in [0.1, 0.15) is 251 Å². The first-order valence-corrected chi connectivity index (χ1v) is 25.0. The molecule has 0 saturated heterocycles. The highest BCUT2D eigenvalue weighted by Gasteiger charge is 2.23. The van der Waals surface area contributed by atoms with Gasteiger partial charge in [0.15, 0.2) is 6.10 Å². The van der Waals surface area contributed by atoms with Crippen molar-refractivity contribution >= 4 is 19.8 Å². The Morgan fingerprint density at radius 1 is 0.455 bits per heavy atom. The van der Waals surface area contributed by atoms with Gasteiger partial charge in [0.1, 0.15) is 6.61 Å². The van der Waals surface area contributed by atoms with Crippen LogP contribution in [0, 0.1) is 0 Å². The zero-order valence-corrected chi connectivity index (χ0v) is 37.0. The van der Waals surface area contributed by atoms with Crippen molar-refractivity contribution in [1.29, 1.82) is 0 Å². The van der Waals surface area contributed by atoms with Gasteiger partial charge < -0.3 is 19.3 Å². The molecule has 1 atom stereocenters. The van der Waals surface area contributed by atoms with Crippen molar-refractivity contribution in [1.82, 2.24) is 0 Å². The summed E-state index contributed by atoms with van der Waals surface area (Å²) in [7, 11) is -4.75. The molecule has 55 heavy (non-hydrogen) atoms. The van der Waals surface area contributed by atoms with Crippen molar-refractivity contribution in [3.63, 3.8) is 0 Å². The smallest absolute Gasteiger partial charge is 0.462 e. The molecule has 0 heterocycles. The molecule has 0 aromatic rings. The van der Waals surface area contributed by atoms with E-state index in [-0.39, 0.29) is 19.4 Å². The minimum Gasteiger partial charge on any atom is -0.462 e. The molecule has 1 unspecified atom stereocenters. The van der Waals surface area contributed by atoms with Crippen LogP contribution in [0.25, 0.3) is 0 Å². The van der Waals surface area contributed by atoms with Gasteiger partial charge in [-0.1, -0.05) is 212 Å². The van der Waals surface area contributed by atoms with Gasteiger partial charge in [-0.3, -0.25) is 14.1 Å². The summed E-state index contributed by atoms with van der Waals surface area (Å²) in [5, 5.41) is 0. The number of carbonyl (C=O) groups is 2. The number of rotatable bonds is 44. The molecule has 0 aromatic heterocycles. The lowest BCUT2D eigenvalue weighted by Gasteiger charge is -2.18. The average Bonchev–Trinajstić information content (AvgIpc) is 3.16. The monoisotopic (exact) mass is 801 g/mol. The molecule has 0 rings (SSSR count). The summed E-state index contributed by atoms with van der Waals surface area (Å²) in [6.45, 7) is 3.71. The van der Waals surface area contributed by atoms with Crippen molar-refractivity contribution in [3.8, 4) is 0 Å². The lowest BCUT2D eigenvalue weighted by molar-refractivity contribution is -0.161. The molecule has 0 spiro atoms. The maximum absolute atomic E-state index is 12.4. The summed E-state index contributed by atoms with van der Waals surface area (Å²) < 4.78 is 26.4. The van der Waals surface area contributed by atoms with E-state index in [0.29, 0.717) is 6.42 Å². The van der Waals surface area contributed by atoms with Gasteiger partial charge in [0.05, 0.1) is 6.61 Å². The Bertz CT molecular complexity index is 904. The van der Waals surface area contributed by atoms with Crippen molar-refractivity contribution in [2.75, 3.05) is 13.2 Å². The molecular weight excluding hydrogens is 711 g/mol. The number of unbranched alkanes of at least 4 members (excludes halogenated alkanes) is 32. The highest BCUT2D eigenvalue weighted by atomic mass is 31.2. The lowest BCUT2D eigenvalue weighted by atomic mass is 10.0. The minimum absolute atomic E-state index is 0.206. The highest BCUT2D eigenvalue weighted by Crippen LogP contribution is 2.36. The second kappa shape index (κ2) is 42.4. The molecular formula is C46H89O8P. The molecule has 0 aromatic carbocycles. The van der Waals surface area contributed by atoms with Crippen molar-refractivity contribution in [2.45, 2.75) is 258 Å². The molecule has 0 amide bonds. The van der Waals surface area contributed by atoms with Crippen LogP contribution < -0.4 is 0 Å². The molecule has 326 valence electrons. The first kappa shape index (κ1) is 53.8. The summed E-state index contributed by atoms with van der Waals surface area (Å²) in [6.07, 6.45) is 48.0. The van der Waals surface area contributed by atoms with Gasteiger partial charge in [0.2, 0.25) is 0 Å². The Kier molecular flexibility index (Phi) is 41.5. The number of hydrogen-bond donors (Lipinski definition) is 2. The van der Waals surface area contributed by atoms with E-state index in [2.05, 4.69) is 30.5 Å². The first-order valence-electron chi connectivity index (χ1n) is 23.5. The summed E-state index contributed by atoms with van der Waals surface area (Å²) in [5.74, 6) is -0.879. The Morgan fingerprint density at radius 3 is 1.11 bits per heavy atom. The summed E-state index contributed by atoms with van der Waals surface area (Å²) in [4.78, 5) is 42.9. The van der Waals surface area contributed by atoms with Crippen LogP contribution in [0.2, 0.25) is 0 Å². The van der Waals surface area contributed by atoms with Gasteiger partial charge in [-0.2, -0.15) is 0 Å². The SMILES string of the molecule is CCCCCCCC/C=C\CCCCCCCC(=O)OC(COC(=O)CCCCCCCCCCCCCCCCCCCCCCCC)COP(=O)(O)O. The second-order valence-electron chi connectivity index (χ2n) is 16.1. The molecule has 8 nitrogen and oxygen atoms in total. The van der Waals surface area contributed by atoms with Crippen LogP contribution in [0.15, 0.2) is 12.2 Å². The lowest BCUT2D eigenvalue weighted by Crippen LogP contribution is -2.29. The van der Waals surface area contributed by atoms with E-state index in [1.165, 1.54) is 167 Å². The standard InChI is InChI=1S/C46H89O8P/c1-3-5-7-9-11-13-15-17-19-20-21-22-23-24-25-27-28-30-32-34-36-38-40-45(47)52-42-44(43-53-55(49,50)51)54-46(48)41-39-37-35-33-31-29-26-18-16-14-12-10-8-6-4-2/h18,26,44H,3-17,19-25,27-43H2,1-2H3,(H2,49,50,51)/b26-18-. The largest absolute Gasteiger partial charge is 0.469 e. The van der Waals surface area contributed by atoms with Gasteiger partial charge in [-0.15, -0.1) is 0 Å². The van der Waals surface area contributed by atoms with E-state index in [1.807, 2.05) is 0 Å². The molecule has 0 radical (unpaired) electrons. The van der Waals surface area contributed by atoms with Crippen LogP contribution in [0.3, 0.4) is 0 Å². The third-order valence-electron chi connectivity index (χ3n) is 10.5. The molecule has 0 aliphatic carbocycles. The fraction of sp³-hybridized carbons (Fsp3) is 0.913. The number of phosphoric ester groups is 1. The molecule has 0 bridgehead atoms. The van der Waals surface area contributed by atoms with Crippen LogP contribution in [0.5, 0.6) is 0 Å². The Morgan fingerprint density at radius 2 is 0.764 bits per heavy atom. The second-order valence-corrected chi connectivity index (χ2v) is 17.3. The normalized spacial score (nSPS) is 12.4. The number of carbonyl (C=O) groups excluding carboxylic acids is 2. The zero-order valence-electron chi connectivity index (χ0n) is 36.1. The third-order valence-corrected chi connectivity index (χ3v) is 11.0. The number of phosphoric acid groups is 1. The third kappa shape index (κ3) is 45.4. The van der Waals surface area contributed by atoms with Gasteiger partial charge in [0.25, 0.3) is 0 Å². The zero-order chi connectivity index (χ0) is 40.3. The average molecular weight is 801 g/mol. The van der Waals surface area contributed by atoms with Crippen LogP contribution >= 0.6 is 7.82 Å². The Labute approximate surface area is 339 Å². The number of ether oxygens (including phenoxy) is 2. The highest BCUT2D eigenvalue weighted by molar-refractivity contribution is 7.46. The van der Waals surface area contributed by atoms with Crippen molar-refractivity contribution in [2.24, 2.45) is 0 Å². The first-order chi connectivity index (χ1) is 26.8. The molecule has 2 N–H and O–H groups in total. The van der Waals surface area contributed by atoms with Crippen LogP contribution in [-0.4, -0.2) is 41.0 Å². The summed E-state index contributed by atoms with van der Waals surface area (Å²) >= 11 is 0. The predicted molar refractivity (Wildman–Crippen MR) is 230 cm³/mol. The Balaban J connectivity index is 3.80. The number of hydrogen-bond acceptors (Lipinski definition) is 6. The maximum Gasteiger partial charge on any atom is 0.469 e. The number of esters is 2. The van der Waals surface area contributed by atoms with Gasteiger partial charge in [-0.05, 0) is 38.5 Å². The van der Waals surface area contributed by atoms with E-state index in [9.17, 15) is 14.2 Å². The fourth-order valence-electron chi connectivity index (χ4n) is 7.02. The molecule has 0 fully saturated rings. The summed E-state index contributed by atoms with van der Waals surface area (Å²) in [6, 6.07) is 0. The Hall–Kier alpha value is -1.21. The minimum atomic E-state index is -4.75. The molecule has 0 aliphatic heterocycles. The molecule has 9 heteroatoms. The number of allylic oxidation sites excluding steroid dienone is 2. The van der Waals surface area contributed by atoms with Crippen LogP contribution in [-0.2, 0) is 28.2 Å². The topological polar surface area (TPSA) is 119 Å². The van der Waals surface area contributed by atoms with Crippen molar-refractivity contribution in [3.05, 3.63) is 12.2 Å². The van der Waals surface area contributed by atoms with E-state index in [4.69, 9.17) is 19.3 Å². The van der Waals surface area contributed by atoms with E-state index < -0.39 is 32.5 Å². The summed E-state index contributed by atoms with van der Waals surface area (Å²) in [5.41, 5.74) is 0.